The molecule has 1 aromatic carbocycles. The molecule has 0 spiro atoms. The summed E-state index contributed by atoms with van der Waals surface area (Å²) in [6.07, 6.45) is 6.94. The molecular weight excluding hydrogens is 276 g/mol. The van der Waals surface area contributed by atoms with Gasteiger partial charge in [-0.25, -0.2) is 0 Å². The van der Waals surface area contributed by atoms with Crippen molar-refractivity contribution in [3.63, 3.8) is 0 Å². The molecule has 2 N–H and O–H groups in total. The Hall–Kier alpha value is -2.14. The van der Waals surface area contributed by atoms with Crippen LogP contribution < -0.4 is 5.32 Å². The van der Waals surface area contributed by atoms with Crippen LogP contribution in [0.15, 0.2) is 42.7 Å². The summed E-state index contributed by atoms with van der Waals surface area (Å²) in [5.41, 5.74) is 1.84. The first kappa shape index (κ1) is 14.8. The number of likely N-dealkylation sites (tertiary alicyclic amines) is 1. The fraction of sp³-hybridized carbons (Fsp3) is 0.412. The third-order valence-corrected chi connectivity index (χ3v) is 4.23. The van der Waals surface area contributed by atoms with Crippen LogP contribution in [-0.2, 0) is 0 Å². The van der Waals surface area contributed by atoms with E-state index in [9.17, 15) is 4.79 Å². The summed E-state index contributed by atoms with van der Waals surface area (Å²) >= 11 is 0. The van der Waals surface area contributed by atoms with Crippen LogP contribution in [0.5, 0.6) is 0 Å². The Bertz CT molecular complexity index is 576. The van der Waals surface area contributed by atoms with Gasteiger partial charge in [-0.1, -0.05) is 36.8 Å². The SMILES string of the molecule is O=C(NC[C@H](c1ccccc1)N1CCCCC1)c1cn[nH]c1. The molecule has 2 aromatic rings. The average Bonchev–Trinajstić information content (AvgIpc) is 3.11. The second-order valence-electron chi connectivity index (χ2n) is 5.72. The second kappa shape index (κ2) is 7.22. The van der Waals surface area contributed by atoms with E-state index in [-0.39, 0.29) is 11.9 Å². The number of aromatic nitrogens is 2. The van der Waals surface area contributed by atoms with Crippen LogP contribution in [0.2, 0.25) is 0 Å². The smallest absolute Gasteiger partial charge is 0.254 e. The maximum atomic E-state index is 12.1. The zero-order chi connectivity index (χ0) is 15.2. The van der Waals surface area contributed by atoms with Crippen molar-refractivity contribution in [2.75, 3.05) is 19.6 Å². The topological polar surface area (TPSA) is 61.0 Å². The van der Waals surface area contributed by atoms with Gasteiger partial charge < -0.3 is 5.32 Å². The molecule has 2 heterocycles. The lowest BCUT2D eigenvalue weighted by Gasteiger charge is -2.35. The van der Waals surface area contributed by atoms with Crippen molar-refractivity contribution in [3.8, 4) is 0 Å². The molecule has 1 fully saturated rings. The van der Waals surface area contributed by atoms with E-state index in [4.69, 9.17) is 0 Å². The number of H-pyrrole nitrogens is 1. The number of nitrogens with one attached hydrogen (secondary N) is 2. The first-order valence-electron chi connectivity index (χ1n) is 7.90. The van der Waals surface area contributed by atoms with Crippen molar-refractivity contribution in [1.82, 2.24) is 20.4 Å². The van der Waals surface area contributed by atoms with Crippen LogP contribution in [0.25, 0.3) is 0 Å². The molecule has 1 saturated heterocycles. The zero-order valence-electron chi connectivity index (χ0n) is 12.7. The van der Waals surface area contributed by atoms with Gasteiger partial charge in [-0.05, 0) is 31.5 Å². The van der Waals surface area contributed by atoms with Crippen molar-refractivity contribution in [3.05, 3.63) is 53.9 Å². The monoisotopic (exact) mass is 298 g/mol. The van der Waals surface area contributed by atoms with E-state index in [0.717, 1.165) is 13.1 Å². The van der Waals surface area contributed by atoms with Gasteiger partial charge in [0.25, 0.3) is 5.91 Å². The highest BCUT2D eigenvalue weighted by atomic mass is 16.1. The minimum Gasteiger partial charge on any atom is -0.350 e. The molecule has 0 aliphatic carbocycles. The molecule has 3 rings (SSSR count). The van der Waals surface area contributed by atoms with Crippen molar-refractivity contribution in [2.45, 2.75) is 25.3 Å². The van der Waals surface area contributed by atoms with E-state index >= 15 is 0 Å². The fourth-order valence-corrected chi connectivity index (χ4v) is 3.03. The van der Waals surface area contributed by atoms with E-state index in [1.165, 1.54) is 24.8 Å². The Morgan fingerprint density at radius 3 is 2.68 bits per heavy atom. The molecule has 5 nitrogen and oxygen atoms in total. The Labute approximate surface area is 130 Å². The van der Waals surface area contributed by atoms with Crippen molar-refractivity contribution in [2.24, 2.45) is 0 Å². The number of aromatic amines is 1. The molecule has 116 valence electrons. The van der Waals surface area contributed by atoms with E-state index in [2.05, 4.69) is 44.7 Å². The Morgan fingerprint density at radius 2 is 2.00 bits per heavy atom. The highest BCUT2D eigenvalue weighted by Crippen LogP contribution is 2.24. The van der Waals surface area contributed by atoms with Gasteiger partial charge in [-0.15, -0.1) is 0 Å². The molecule has 0 saturated carbocycles. The van der Waals surface area contributed by atoms with Crippen LogP contribution in [0.1, 0.15) is 41.2 Å². The number of benzene rings is 1. The number of nitrogens with zero attached hydrogens (tertiary/aromatic N) is 2. The molecule has 0 bridgehead atoms. The number of amides is 1. The predicted molar refractivity (Wildman–Crippen MR) is 85.5 cm³/mol. The molecular formula is C17H22N4O. The summed E-state index contributed by atoms with van der Waals surface area (Å²) in [6, 6.07) is 10.7. The summed E-state index contributed by atoms with van der Waals surface area (Å²) in [5, 5.41) is 9.53. The Morgan fingerprint density at radius 1 is 1.23 bits per heavy atom. The molecule has 5 heteroatoms. The zero-order valence-corrected chi connectivity index (χ0v) is 12.7. The normalized spacial score (nSPS) is 17.1. The predicted octanol–water partition coefficient (Wildman–Crippen LogP) is 2.37. The van der Waals surface area contributed by atoms with Crippen molar-refractivity contribution < 1.29 is 4.79 Å². The summed E-state index contributed by atoms with van der Waals surface area (Å²) in [6.45, 7) is 2.82. The third kappa shape index (κ3) is 3.54. The summed E-state index contributed by atoms with van der Waals surface area (Å²) in [7, 11) is 0. The summed E-state index contributed by atoms with van der Waals surface area (Å²) in [4.78, 5) is 14.6. The molecule has 0 unspecified atom stereocenters. The van der Waals surface area contributed by atoms with E-state index in [0.29, 0.717) is 12.1 Å². The molecule has 22 heavy (non-hydrogen) atoms. The number of carbonyl (C=O) groups is 1. The van der Waals surface area contributed by atoms with E-state index < -0.39 is 0 Å². The first-order valence-corrected chi connectivity index (χ1v) is 7.90. The van der Waals surface area contributed by atoms with Crippen LogP contribution in [0.4, 0.5) is 0 Å². The Kier molecular flexibility index (Phi) is 4.85. The number of hydrogen-bond acceptors (Lipinski definition) is 3. The number of hydrogen-bond donors (Lipinski definition) is 2. The first-order chi connectivity index (χ1) is 10.8. The number of carbonyl (C=O) groups excluding carboxylic acids is 1. The lowest BCUT2D eigenvalue weighted by molar-refractivity contribution is 0.0924. The van der Waals surface area contributed by atoms with E-state index in [1.807, 2.05) is 6.07 Å². The van der Waals surface area contributed by atoms with Gasteiger partial charge in [0.1, 0.15) is 0 Å². The van der Waals surface area contributed by atoms with Gasteiger partial charge in [-0.3, -0.25) is 14.8 Å². The molecule has 1 aliphatic rings. The van der Waals surface area contributed by atoms with Gasteiger partial charge >= 0.3 is 0 Å². The highest BCUT2D eigenvalue weighted by Gasteiger charge is 2.22. The Balaban J connectivity index is 1.69. The van der Waals surface area contributed by atoms with Crippen molar-refractivity contribution in [1.29, 1.82) is 0 Å². The molecule has 1 aliphatic heterocycles. The van der Waals surface area contributed by atoms with Gasteiger partial charge in [-0.2, -0.15) is 5.10 Å². The molecule has 1 amide bonds. The maximum absolute atomic E-state index is 12.1. The van der Waals surface area contributed by atoms with E-state index in [1.54, 1.807) is 12.4 Å². The number of piperidine rings is 1. The van der Waals surface area contributed by atoms with Gasteiger partial charge in [0, 0.05) is 12.7 Å². The lowest BCUT2D eigenvalue weighted by Crippen LogP contribution is -2.40. The second-order valence-corrected chi connectivity index (χ2v) is 5.72. The number of rotatable bonds is 5. The average molecular weight is 298 g/mol. The van der Waals surface area contributed by atoms with Crippen molar-refractivity contribution >= 4 is 5.91 Å². The largest absolute Gasteiger partial charge is 0.350 e. The van der Waals surface area contributed by atoms with Crippen LogP contribution in [0, 0.1) is 0 Å². The summed E-state index contributed by atoms with van der Waals surface area (Å²) in [5.74, 6) is -0.0771. The van der Waals surface area contributed by atoms with Crippen LogP contribution in [-0.4, -0.2) is 40.6 Å². The lowest BCUT2D eigenvalue weighted by atomic mass is 10.0. The maximum Gasteiger partial charge on any atom is 0.254 e. The molecule has 0 radical (unpaired) electrons. The van der Waals surface area contributed by atoms with Crippen LogP contribution in [0.3, 0.4) is 0 Å². The standard InChI is InChI=1S/C17H22N4O/c22-17(15-11-19-20-12-15)18-13-16(14-7-3-1-4-8-14)21-9-5-2-6-10-21/h1,3-4,7-8,11-12,16H,2,5-6,9-10,13H2,(H,18,22)(H,19,20)/t16-/m1/s1. The fourth-order valence-electron chi connectivity index (χ4n) is 3.03. The van der Waals surface area contributed by atoms with Gasteiger partial charge in [0.2, 0.25) is 0 Å². The molecule has 1 aromatic heterocycles. The summed E-state index contributed by atoms with van der Waals surface area (Å²) < 4.78 is 0. The van der Waals surface area contributed by atoms with Gasteiger partial charge in [0.15, 0.2) is 0 Å². The molecule has 1 atom stereocenters. The minimum atomic E-state index is -0.0771. The van der Waals surface area contributed by atoms with Crippen LogP contribution >= 0.6 is 0 Å². The third-order valence-electron chi connectivity index (χ3n) is 4.23. The van der Waals surface area contributed by atoms with Gasteiger partial charge in [0.05, 0.1) is 17.8 Å². The quantitative estimate of drug-likeness (QED) is 0.891. The minimum absolute atomic E-state index is 0.0771. The highest BCUT2D eigenvalue weighted by molar-refractivity contribution is 5.93.